The first-order valence-corrected chi connectivity index (χ1v) is 7.17. The molecule has 1 N–H and O–H groups in total. The molecule has 0 saturated heterocycles. The van der Waals surface area contributed by atoms with Gasteiger partial charge in [0, 0.05) is 38.3 Å². The summed E-state index contributed by atoms with van der Waals surface area (Å²) in [4.78, 5) is 23.6. The molecule has 1 amide bonds. The zero-order valence-electron chi connectivity index (χ0n) is 13.3. The molecule has 0 aliphatic carbocycles. The minimum absolute atomic E-state index is 0.112. The highest BCUT2D eigenvalue weighted by Gasteiger charge is 2.14. The van der Waals surface area contributed by atoms with Gasteiger partial charge >= 0.3 is 0 Å². The fourth-order valence-corrected chi connectivity index (χ4v) is 2.32. The number of hydrogen-bond acceptors (Lipinski definition) is 5. The molecule has 0 aliphatic rings. The molecule has 0 bridgehead atoms. The van der Waals surface area contributed by atoms with Crippen molar-refractivity contribution in [3.8, 4) is 6.07 Å². The summed E-state index contributed by atoms with van der Waals surface area (Å²) < 4.78 is 0. The molecule has 0 spiro atoms. The van der Waals surface area contributed by atoms with E-state index in [1.54, 1.807) is 32.3 Å². The lowest BCUT2D eigenvalue weighted by atomic mass is 10.1. The Bertz CT molecular complexity index is 810. The lowest BCUT2D eigenvalue weighted by molar-refractivity contribution is -0.384. The van der Waals surface area contributed by atoms with Gasteiger partial charge in [-0.2, -0.15) is 5.26 Å². The lowest BCUT2D eigenvalue weighted by Gasteiger charge is -2.20. The van der Waals surface area contributed by atoms with Gasteiger partial charge < -0.3 is 10.2 Å². The summed E-state index contributed by atoms with van der Waals surface area (Å²) in [6.07, 6.45) is 0. The van der Waals surface area contributed by atoms with Crippen molar-refractivity contribution in [1.29, 1.82) is 5.26 Å². The number of benzene rings is 2. The predicted molar refractivity (Wildman–Crippen MR) is 89.8 cm³/mol. The summed E-state index contributed by atoms with van der Waals surface area (Å²) >= 11 is 0. The van der Waals surface area contributed by atoms with Gasteiger partial charge in [-0.05, 0) is 23.8 Å². The van der Waals surface area contributed by atoms with Crippen LogP contribution in [0.2, 0.25) is 0 Å². The molecule has 0 fully saturated rings. The Morgan fingerprint density at radius 2 is 1.96 bits per heavy atom. The number of nitriles is 1. The Hall–Kier alpha value is -3.40. The largest absolute Gasteiger partial charge is 0.369 e. The molecular formula is C17H16N4O3. The van der Waals surface area contributed by atoms with E-state index in [2.05, 4.69) is 5.32 Å². The van der Waals surface area contributed by atoms with E-state index in [4.69, 9.17) is 0 Å². The molecule has 7 heteroatoms. The van der Waals surface area contributed by atoms with Gasteiger partial charge in [-0.3, -0.25) is 14.9 Å². The van der Waals surface area contributed by atoms with Crippen molar-refractivity contribution in [3.63, 3.8) is 0 Å². The van der Waals surface area contributed by atoms with Gasteiger partial charge in [0.05, 0.1) is 16.2 Å². The summed E-state index contributed by atoms with van der Waals surface area (Å²) in [7, 11) is 3.37. The van der Waals surface area contributed by atoms with Crippen LogP contribution < -0.4 is 10.2 Å². The van der Waals surface area contributed by atoms with E-state index in [-0.39, 0.29) is 17.2 Å². The van der Waals surface area contributed by atoms with Crippen molar-refractivity contribution >= 4 is 17.3 Å². The van der Waals surface area contributed by atoms with Crippen molar-refractivity contribution in [1.82, 2.24) is 5.32 Å². The summed E-state index contributed by atoms with van der Waals surface area (Å²) in [5, 5.41) is 22.6. The van der Waals surface area contributed by atoms with Gasteiger partial charge in [0.1, 0.15) is 6.07 Å². The maximum Gasteiger partial charge on any atom is 0.270 e. The van der Waals surface area contributed by atoms with Gasteiger partial charge in [-0.15, -0.1) is 0 Å². The Balaban J connectivity index is 2.20. The number of amides is 1. The molecular weight excluding hydrogens is 308 g/mol. The van der Waals surface area contributed by atoms with Crippen molar-refractivity contribution in [2.75, 3.05) is 19.0 Å². The molecule has 0 atom stereocenters. The summed E-state index contributed by atoms with van der Waals surface area (Å²) in [5.74, 6) is -0.156. The number of hydrogen-bond donors (Lipinski definition) is 1. The van der Waals surface area contributed by atoms with Crippen LogP contribution in [-0.4, -0.2) is 24.9 Å². The minimum Gasteiger partial charge on any atom is -0.369 e. The van der Waals surface area contributed by atoms with Crippen LogP contribution in [-0.2, 0) is 6.54 Å². The molecule has 0 heterocycles. The van der Waals surface area contributed by atoms with Crippen LogP contribution in [0, 0.1) is 21.4 Å². The Labute approximate surface area is 139 Å². The molecule has 24 heavy (non-hydrogen) atoms. The number of non-ortho nitro benzene ring substituents is 1. The minimum atomic E-state index is -0.526. The number of nitro benzene ring substituents is 1. The van der Waals surface area contributed by atoms with Crippen molar-refractivity contribution < 1.29 is 9.72 Å². The predicted octanol–water partition coefficient (Wildman–Crippen LogP) is 2.46. The lowest BCUT2D eigenvalue weighted by Crippen LogP contribution is -2.19. The number of nitrogens with one attached hydrogen (secondary N) is 1. The highest BCUT2D eigenvalue weighted by atomic mass is 16.6. The van der Waals surface area contributed by atoms with Gasteiger partial charge in [0.15, 0.2) is 0 Å². The first-order chi connectivity index (χ1) is 11.5. The van der Waals surface area contributed by atoms with Gasteiger partial charge in [0.2, 0.25) is 0 Å². The van der Waals surface area contributed by atoms with E-state index in [1.807, 2.05) is 23.1 Å². The van der Waals surface area contributed by atoms with E-state index in [0.717, 1.165) is 5.56 Å². The van der Waals surface area contributed by atoms with Crippen LogP contribution in [0.25, 0.3) is 0 Å². The van der Waals surface area contributed by atoms with Crippen LogP contribution in [0.15, 0.2) is 42.5 Å². The van der Waals surface area contributed by atoms with Crippen LogP contribution in [0.3, 0.4) is 0 Å². The average Bonchev–Trinajstić information content (AvgIpc) is 2.60. The second-order valence-electron chi connectivity index (χ2n) is 5.20. The van der Waals surface area contributed by atoms with Crippen LogP contribution in [0.5, 0.6) is 0 Å². The first-order valence-electron chi connectivity index (χ1n) is 7.17. The number of nitro groups is 1. The second kappa shape index (κ2) is 7.24. The highest BCUT2D eigenvalue weighted by molar-refractivity contribution is 5.93. The fourth-order valence-electron chi connectivity index (χ4n) is 2.32. The standard InChI is InChI=1S/C17H16N4O3/c1-19-17(22)13-5-3-12(4-6-13)11-20(2)16-8-7-15(21(23)24)9-14(16)10-18/h3-9H,11H2,1-2H3,(H,19,22). The molecule has 7 nitrogen and oxygen atoms in total. The van der Waals surface area contributed by atoms with Crippen LogP contribution in [0.4, 0.5) is 11.4 Å². The monoisotopic (exact) mass is 324 g/mol. The number of rotatable bonds is 5. The molecule has 0 aromatic heterocycles. The Morgan fingerprint density at radius 1 is 1.29 bits per heavy atom. The number of carbonyl (C=O) groups excluding carboxylic acids is 1. The van der Waals surface area contributed by atoms with E-state index in [1.165, 1.54) is 12.1 Å². The third kappa shape index (κ3) is 3.67. The Kier molecular flexibility index (Phi) is 5.12. The van der Waals surface area contributed by atoms with E-state index < -0.39 is 4.92 Å². The SMILES string of the molecule is CNC(=O)c1ccc(CN(C)c2ccc([N+](=O)[O-])cc2C#N)cc1. The molecule has 2 rings (SSSR count). The first kappa shape index (κ1) is 17.0. The van der Waals surface area contributed by atoms with Gasteiger partial charge in [-0.1, -0.05) is 12.1 Å². The average molecular weight is 324 g/mol. The zero-order valence-corrected chi connectivity index (χ0v) is 13.3. The molecule has 0 unspecified atom stereocenters. The quantitative estimate of drug-likeness (QED) is 0.673. The van der Waals surface area contributed by atoms with E-state index >= 15 is 0 Å². The third-order valence-electron chi connectivity index (χ3n) is 3.59. The number of anilines is 1. The number of nitrogens with zero attached hydrogens (tertiary/aromatic N) is 3. The molecule has 0 aliphatic heterocycles. The van der Waals surface area contributed by atoms with Crippen molar-refractivity contribution in [2.45, 2.75) is 6.54 Å². The molecule has 122 valence electrons. The summed E-state index contributed by atoms with van der Waals surface area (Å²) in [6, 6.07) is 13.3. The van der Waals surface area contributed by atoms with E-state index in [9.17, 15) is 20.2 Å². The second-order valence-corrected chi connectivity index (χ2v) is 5.20. The van der Waals surface area contributed by atoms with Gasteiger partial charge in [0.25, 0.3) is 11.6 Å². The smallest absolute Gasteiger partial charge is 0.270 e. The van der Waals surface area contributed by atoms with Gasteiger partial charge in [-0.25, -0.2) is 0 Å². The number of carbonyl (C=O) groups is 1. The molecule has 0 saturated carbocycles. The molecule has 2 aromatic rings. The summed E-state index contributed by atoms with van der Waals surface area (Å²) in [5.41, 5.74) is 2.26. The van der Waals surface area contributed by atoms with Crippen molar-refractivity contribution in [3.05, 3.63) is 69.3 Å². The van der Waals surface area contributed by atoms with Crippen LogP contribution >= 0.6 is 0 Å². The third-order valence-corrected chi connectivity index (χ3v) is 3.59. The normalized spacial score (nSPS) is 9.88. The zero-order chi connectivity index (χ0) is 17.7. The summed E-state index contributed by atoms with van der Waals surface area (Å²) in [6.45, 7) is 0.501. The fraction of sp³-hybridized carbons (Fsp3) is 0.176. The maximum atomic E-state index is 11.5. The van der Waals surface area contributed by atoms with E-state index in [0.29, 0.717) is 17.8 Å². The molecule has 0 radical (unpaired) electrons. The molecule has 2 aromatic carbocycles. The highest BCUT2D eigenvalue weighted by Crippen LogP contribution is 2.25. The maximum absolute atomic E-state index is 11.5. The topological polar surface area (TPSA) is 99.3 Å². The van der Waals surface area contributed by atoms with Crippen LogP contribution in [0.1, 0.15) is 21.5 Å². The van der Waals surface area contributed by atoms with Crippen molar-refractivity contribution in [2.24, 2.45) is 0 Å². The Morgan fingerprint density at radius 3 is 2.50 bits per heavy atom.